The molecule has 2 rings (SSSR count). The van der Waals surface area contributed by atoms with E-state index in [-0.39, 0.29) is 12.4 Å². The highest BCUT2D eigenvalue weighted by Gasteiger charge is 2.11. The second-order valence-corrected chi connectivity index (χ2v) is 2.91. The van der Waals surface area contributed by atoms with Crippen LogP contribution in [-0.4, -0.2) is 43.9 Å². The average Bonchev–Trinajstić information content (AvgIpc) is 2.99. The number of nitrogens with one attached hydrogen (secondary N) is 2. The van der Waals surface area contributed by atoms with Gasteiger partial charge in [-0.15, -0.1) is 0 Å². The molecule has 12 nitrogen and oxygen atoms in total. The molecule has 0 aliphatic heterocycles. The van der Waals surface area contributed by atoms with Crippen LogP contribution < -0.4 is 11.5 Å². The Bertz CT molecular complexity index is 691. The minimum Gasteiger partial charge on any atom is -0.475 e. The van der Waals surface area contributed by atoms with Crippen LogP contribution >= 0.6 is 0 Å². The van der Waals surface area contributed by atoms with Crippen LogP contribution in [0.1, 0.15) is 28.2 Å². The summed E-state index contributed by atoms with van der Waals surface area (Å²) in [4.78, 5) is 44.9. The van der Waals surface area contributed by atoms with E-state index < -0.39 is 29.3 Å². The van der Waals surface area contributed by atoms with Crippen LogP contribution in [0.4, 0.5) is 0 Å². The predicted molar refractivity (Wildman–Crippen MR) is 57.2 cm³/mol. The molecular formula is C8H8N4O8. The molecule has 3 N–H and O–H groups in total. The third-order valence-electron chi connectivity index (χ3n) is 1.55. The fourth-order valence-corrected chi connectivity index (χ4v) is 0.839. The van der Waals surface area contributed by atoms with Crippen LogP contribution in [0.5, 0.6) is 0 Å². The SMILES string of the molecule is CCOC(=O)c1noc(=O)[nH]1.O=C(O)c1noc(=O)[nH]1. The monoisotopic (exact) mass is 288 g/mol. The molecule has 108 valence electrons. The maximum absolute atomic E-state index is 10.7. The highest BCUT2D eigenvalue weighted by molar-refractivity contribution is 5.84. The molecule has 2 aromatic heterocycles. The van der Waals surface area contributed by atoms with Gasteiger partial charge >= 0.3 is 23.5 Å². The van der Waals surface area contributed by atoms with E-state index in [1.54, 1.807) is 6.92 Å². The first-order valence-corrected chi connectivity index (χ1v) is 4.96. The molecule has 2 heterocycles. The van der Waals surface area contributed by atoms with Gasteiger partial charge in [-0.25, -0.2) is 19.2 Å². The van der Waals surface area contributed by atoms with Crippen LogP contribution in [-0.2, 0) is 4.74 Å². The molecule has 0 unspecified atom stereocenters. The number of hydrogen-bond donors (Lipinski definition) is 3. The lowest BCUT2D eigenvalue weighted by molar-refractivity contribution is 0.0508. The van der Waals surface area contributed by atoms with Gasteiger partial charge in [-0.2, -0.15) is 0 Å². The van der Waals surface area contributed by atoms with Crippen molar-refractivity contribution in [2.24, 2.45) is 0 Å². The Labute approximate surface area is 108 Å². The van der Waals surface area contributed by atoms with Gasteiger partial charge in [-0.1, -0.05) is 0 Å². The van der Waals surface area contributed by atoms with E-state index in [4.69, 9.17) is 5.11 Å². The van der Waals surface area contributed by atoms with Gasteiger partial charge in [-0.05, 0) is 17.2 Å². The van der Waals surface area contributed by atoms with Crippen molar-refractivity contribution in [3.8, 4) is 0 Å². The zero-order chi connectivity index (χ0) is 15.1. The average molecular weight is 288 g/mol. The van der Waals surface area contributed by atoms with Gasteiger partial charge < -0.3 is 9.84 Å². The smallest absolute Gasteiger partial charge is 0.439 e. The van der Waals surface area contributed by atoms with E-state index in [0.717, 1.165) is 0 Å². The van der Waals surface area contributed by atoms with E-state index in [1.807, 2.05) is 4.98 Å². The van der Waals surface area contributed by atoms with Gasteiger partial charge in [0.2, 0.25) is 0 Å². The number of carboxylic acids is 1. The Balaban J connectivity index is 0.000000204. The summed E-state index contributed by atoms with van der Waals surface area (Å²) in [6, 6.07) is 0. The molecule has 12 heteroatoms. The summed E-state index contributed by atoms with van der Waals surface area (Å²) >= 11 is 0. The van der Waals surface area contributed by atoms with Crippen molar-refractivity contribution in [3.63, 3.8) is 0 Å². The zero-order valence-electron chi connectivity index (χ0n) is 9.91. The molecule has 2 aromatic rings. The van der Waals surface area contributed by atoms with Crippen LogP contribution in [0.15, 0.2) is 18.6 Å². The van der Waals surface area contributed by atoms with Crippen LogP contribution in [0, 0.1) is 0 Å². The standard InChI is InChI=1S/C5H6N2O4.C3H2N2O4/c1-2-10-4(8)3-6-5(9)11-7-3;6-2(7)1-4-3(8)9-5-1/h2H2,1H3,(H,6,7,9);(H,6,7)(H,4,5,8). The predicted octanol–water partition coefficient (Wildman–Crippen LogP) is -1.40. The van der Waals surface area contributed by atoms with Crippen molar-refractivity contribution in [2.75, 3.05) is 6.61 Å². The van der Waals surface area contributed by atoms with E-state index in [1.165, 1.54) is 0 Å². The summed E-state index contributed by atoms with van der Waals surface area (Å²) in [5.41, 5.74) is 0. The number of hydrogen-bond acceptors (Lipinski definition) is 9. The number of carbonyl (C=O) groups is 2. The van der Waals surface area contributed by atoms with Crippen molar-refractivity contribution in [1.29, 1.82) is 0 Å². The molecule has 0 atom stereocenters. The summed E-state index contributed by atoms with van der Waals surface area (Å²) in [5, 5.41) is 14.1. The summed E-state index contributed by atoms with van der Waals surface area (Å²) in [7, 11) is 0. The molecule has 0 fully saturated rings. The van der Waals surface area contributed by atoms with Crippen LogP contribution in [0.3, 0.4) is 0 Å². The minimum absolute atomic E-state index is 0.211. The number of nitrogens with zero attached hydrogens (tertiary/aromatic N) is 2. The topological polar surface area (TPSA) is 181 Å². The molecule has 0 spiro atoms. The Kier molecular flexibility index (Phi) is 4.96. The van der Waals surface area contributed by atoms with Gasteiger partial charge in [0.05, 0.1) is 6.61 Å². The molecule has 0 aliphatic rings. The molecule has 0 saturated carbocycles. The lowest BCUT2D eigenvalue weighted by Gasteiger charge is -1.93. The number of aromatic nitrogens is 4. The van der Waals surface area contributed by atoms with Crippen molar-refractivity contribution < 1.29 is 28.5 Å². The maximum atomic E-state index is 10.7. The fraction of sp³-hybridized carbons (Fsp3) is 0.250. The Morgan fingerprint density at radius 1 is 1.15 bits per heavy atom. The van der Waals surface area contributed by atoms with E-state index >= 15 is 0 Å². The number of H-pyrrole nitrogens is 2. The number of carboxylic acid groups (broad SMARTS) is 1. The Morgan fingerprint density at radius 3 is 1.95 bits per heavy atom. The molecule has 0 radical (unpaired) electrons. The zero-order valence-corrected chi connectivity index (χ0v) is 9.91. The maximum Gasteiger partial charge on any atom is 0.439 e. The summed E-state index contributed by atoms with van der Waals surface area (Å²) in [6.07, 6.45) is 0. The van der Waals surface area contributed by atoms with Crippen LogP contribution in [0.25, 0.3) is 0 Å². The second-order valence-electron chi connectivity index (χ2n) is 2.91. The fourth-order valence-electron chi connectivity index (χ4n) is 0.839. The van der Waals surface area contributed by atoms with Gasteiger partial charge in [0.1, 0.15) is 0 Å². The number of carbonyl (C=O) groups excluding carboxylic acids is 1. The van der Waals surface area contributed by atoms with Gasteiger partial charge in [0.15, 0.2) is 0 Å². The number of aromatic amines is 2. The van der Waals surface area contributed by atoms with Crippen molar-refractivity contribution in [3.05, 3.63) is 32.8 Å². The third-order valence-corrected chi connectivity index (χ3v) is 1.55. The van der Waals surface area contributed by atoms with Gasteiger partial charge in [0, 0.05) is 0 Å². The second kappa shape index (κ2) is 6.67. The largest absolute Gasteiger partial charge is 0.475 e. The molecule has 0 saturated heterocycles. The summed E-state index contributed by atoms with van der Waals surface area (Å²) < 4.78 is 12.5. The Morgan fingerprint density at radius 2 is 1.65 bits per heavy atom. The first-order valence-electron chi connectivity index (χ1n) is 4.96. The molecule has 0 aromatic carbocycles. The first-order chi connectivity index (χ1) is 9.43. The number of rotatable bonds is 3. The minimum atomic E-state index is -1.32. The van der Waals surface area contributed by atoms with E-state index in [2.05, 4.69) is 29.1 Å². The van der Waals surface area contributed by atoms with Gasteiger partial charge in [-0.3, -0.25) is 19.0 Å². The third kappa shape index (κ3) is 4.25. The highest BCUT2D eigenvalue weighted by Crippen LogP contribution is 1.88. The van der Waals surface area contributed by atoms with E-state index in [0.29, 0.717) is 0 Å². The molecular weight excluding hydrogens is 280 g/mol. The molecule has 0 bridgehead atoms. The summed E-state index contributed by atoms with van der Waals surface area (Å²) in [6.45, 7) is 1.88. The number of aromatic carboxylic acids is 1. The van der Waals surface area contributed by atoms with Crippen LogP contribution in [0.2, 0.25) is 0 Å². The highest BCUT2D eigenvalue weighted by atomic mass is 16.5. The molecule has 0 amide bonds. The molecule has 0 aliphatic carbocycles. The van der Waals surface area contributed by atoms with Crippen molar-refractivity contribution in [1.82, 2.24) is 20.3 Å². The van der Waals surface area contributed by atoms with E-state index in [9.17, 15) is 19.2 Å². The lowest BCUT2D eigenvalue weighted by atomic mass is 10.6. The van der Waals surface area contributed by atoms with Crippen molar-refractivity contribution >= 4 is 11.9 Å². The normalized spacial score (nSPS) is 9.45. The quantitative estimate of drug-likeness (QED) is 0.568. The van der Waals surface area contributed by atoms with Crippen molar-refractivity contribution in [2.45, 2.75) is 6.92 Å². The number of esters is 1. The first kappa shape index (κ1) is 14.9. The molecule has 20 heavy (non-hydrogen) atoms. The van der Waals surface area contributed by atoms with Gasteiger partial charge in [0.25, 0.3) is 11.6 Å². The lowest BCUT2D eigenvalue weighted by Crippen LogP contribution is -2.08. The summed E-state index contributed by atoms with van der Waals surface area (Å²) in [5.74, 6) is -4.35. The Hall–Kier alpha value is -3.18. The number of ether oxygens (including phenoxy) is 1.